The van der Waals surface area contributed by atoms with Crippen molar-refractivity contribution in [3.63, 3.8) is 0 Å². The van der Waals surface area contributed by atoms with E-state index in [0.717, 1.165) is 30.5 Å². The maximum absolute atomic E-state index is 13.4. The van der Waals surface area contributed by atoms with Crippen molar-refractivity contribution >= 4 is 5.91 Å². The molecule has 0 N–H and O–H groups in total. The molecule has 132 valence electrons. The minimum atomic E-state index is -0.889. The van der Waals surface area contributed by atoms with Gasteiger partial charge in [0.25, 0.3) is 0 Å². The summed E-state index contributed by atoms with van der Waals surface area (Å²) < 4.78 is 26.5. The molecule has 0 fully saturated rings. The molecule has 2 nitrogen and oxygen atoms in total. The van der Waals surface area contributed by atoms with E-state index in [0.29, 0.717) is 12.0 Å². The molecule has 1 amide bonds. The van der Waals surface area contributed by atoms with Gasteiger partial charge in [0.1, 0.15) is 0 Å². The molecular weight excluding hydrogens is 320 g/mol. The number of carbonyl (C=O) groups is 1. The first-order valence-corrected chi connectivity index (χ1v) is 8.77. The highest BCUT2D eigenvalue weighted by Gasteiger charge is 2.19. The Labute approximate surface area is 147 Å². The molecule has 0 bridgehead atoms. The number of nitrogens with zero attached hydrogens (tertiary/aromatic N) is 1. The minimum Gasteiger partial charge on any atom is -0.339 e. The van der Waals surface area contributed by atoms with Crippen LogP contribution < -0.4 is 0 Å². The summed E-state index contributed by atoms with van der Waals surface area (Å²) in [5, 5.41) is 0. The topological polar surface area (TPSA) is 20.3 Å². The highest BCUT2D eigenvalue weighted by Crippen LogP contribution is 2.24. The number of aryl methyl sites for hydroxylation is 2. The summed E-state index contributed by atoms with van der Waals surface area (Å²) in [5.74, 6) is -1.80. The van der Waals surface area contributed by atoms with Crippen LogP contribution in [0.2, 0.25) is 0 Å². The van der Waals surface area contributed by atoms with Gasteiger partial charge in [0.05, 0.1) is 12.5 Å². The third-order valence-corrected chi connectivity index (χ3v) is 5.17. The fourth-order valence-corrected chi connectivity index (χ4v) is 3.41. The van der Waals surface area contributed by atoms with Crippen LogP contribution >= 0.6 is 0 Å². The Morgan fingerprint density at radius 3 is 2.48 bits per heavy atom. The number of carbonyl (C=O) groups excluding carboxylic acids is 1. The number of benzene rings is 2. The van der Waals surface area contributed by atoms with Crippen LogP contribution in [0.3, 0.4) is 0 Å². The Hall–Kier alpha value is -2.23. The zero-order valence-electron chi connectivity index (χ0n) is 14.7. The van der Waals surface area contributed by atoms with Crippen molar-refractivity contribution in [3.8, 4) is 0 Å². The summed E-state index contributed by atoms with van der Waals surface area (Å²) in [4.78, 5) is 14.2. The van der Waals surface area contributed by atoms with Crippen LogP contribution in [0, 0.1) is 11.6 Å². The first-order valence-electron chi connectivity index (χ1n) is 8.77. The summed E-state index contributed by atoms with van der Waals surface area (Å²) >= 11 is 0. The lowest BCUT2D eigenvalue weighted by Gasteiger charge is -2.26. The second-order valence-corrected chi connectivity index (χ2v) is 6.84. The van der Waals surface area contributed by atoms with E-state index in [-0.39, 0.29) is 11.9 Å². The molecule has 1 atom stereocenters. The van der Waals surface area contributed by atoms with Gasteiger partial charge in [0, 0.05) is 7.05 Å². The van der Waals surface area contributed by atoms with Crippen molar-refractivity contribution in [3.05, 3.63) is 70.3 Å². The average molecular weight is 343 g/mol. The molecule has 0 aliphatic heterocycles. The third-order valence-electron chi connectivity index (χ3n) is 5.17. The average Bonchev–Trinajstić information content (AvgIpc) is 2.62. The molecule has 0 radical (unpaired) electrons. The number of fused-ring (bicyclic) bond motifs is 1. The van der Waals surface area contributed by atoms with Crippen LogP contribution in [0.4, 0.5) is 8.78 Å². The van der Waals surface area contributed by atoms with Gasteiger partial charge in [-0.1, -0.05) is 24.3 Å². The molecule has 4 heteroatoms. The van der Waals surface area contributed by atoms with Crippen LogP contribution in [0.15, 0.2) is 36.4 Å². The standard InChI is InChI=1S/C21H23F2NO/c1-14(17-9-10-19(22)20(23)13-17)24(2)21(25)12-15-7-8-16-5-3-4-6-18(16)11-15/h7-11,13-14H,3-6,12H2,1-2H3. The lowest BCUT2D eigenvalue weighted by molar-refractivity contribution is -0.131. The molecule has 25 heavy (non-hydrogen) atoms. The summed E-state index contributed by atoms with van der Waals surface area (Å²) in [7, 11) is 1.70. The number of likely N-dealkylation sites (N-methyl/N-ethyl adjacent to an activating group) is 1. The molecule has 3 rings (SSSR count). The lowest BCUT2D eigenvalue weighted by atomic mass is 9.90. The Bertz CT molecular complexity index is 787. The van der Waals surface area contributed by atoms with E-state index >= 15 is 0 Å². The zero-order chi connectivity index (χ0) is 18.0. The molecule has 0 saturated heterocycles. The van der Waals surface area contributed by atoms with Crippen LogP contribution in [0.25, 0.3) is 0 Å². The van der Waals surface area contributed by atoms with Gasteiger partial charge in [0.2, 0.25) is 5.91 Å². The normalized spacial score (nSPS) is 14.7. The van der Waals surface area contributed by atoms with Crippen molar-refractivity contribution < 1.29 is 13.6 Å². The maximum Gasteiger partial charge on any atom is 0.227 e. The highest BCUT2D eigenvalue weighted by molar-refractivity contribution is 5.79. The Morgan fingerprint density at radius 2 is 1.76 bits per heavy atom. The van der Waals surface area contributed by atoms with Crippen molar-refractivity contribution in [2.45, 2.75) is 45.1 Å². The second-order valence-electron chi connectivity index (χ2n) is 6.84. The predicted octanol–water partition coefficient (Wildman–Crippen LogP) is 4.61. The first-order chi connectivity index (χ1) is 12.0. The van der Waals surface area contributed by atoms with E-state index in [1.165, 1.54) is 30.0 Å². The van der Waals surface area contributed by atoms with Gasteiger partial charge in [0.15, 0.2) is 11.6 Å². The lowest BCUT2D eigenvalue weighted by Crippen LogP contribution is -2.31. The first kappa shape index (κ1) is 17.6. The molecule has 1 unspecified atom stereocenters. The number of hydrogen-bond donors (Lipinski definition) is 0. The molecule has 1 aliphatic rings. The van der Waals surface area contributed by atoms with Gasteiger partial charge in [-0.25, -0.2) is 8.78 Å². The van der Waals surface area contributed by atoms with Gasteiger partial charge in [-0.05, 0) is 67.0 Å². The van der Waals surface area contributed by atoms with Crippen molar-refractivity contribution in [2.75, 3.05) is 7.05 Å². The zero-order valence-corrected chi connectivity index (χ0v) is 14.7. The molecular formula is C21H23F2NO. The Kier molecular flexibility index (Phi) is 5.16. The van der Waals surface area contributed by atoms with Gasteiger partial charge >= 0.3 is 0 Å². The molecule has 0 saturated carbocycles. The number of amides is 1. The van der Waals surface area contributed by atoms with Crippen LogP contribution in [-0.2, 0) is 24.1 Å². The largest absolute Gasteiger partial charge is 0.339 e. The van der Waals surface area contributed by atoms with Gasteiger partial charge in [-0.2, -0.15) is 0 Å². The minimum absolute atomic E-state index is 0.0343. The SMILES string of the molecule is CC(c1ccc(F)c(F)c1)N(C)C(=O)Cc1ccc2c(c1)CCCC2. The number of hydrogen-bond acceptors (Lipinski definition) is 1. The molecule has 0 spiro atoms. The molecule has 1 aliphatic carbocycles. The highest BCUT2D eigenvalue weighted by atomic mass is 19.2. The Morgan fingerprint density at radius 1 is 1.04 bits per heavy atom. The fourth-order valence-electron chi connectivity index (χ4n) is 3.41. The van der Waals surface area contributed by atoms with E-state index in [4.69, 9.17) is 0 Å². The molecule has 2 aromatic carbocycles. The molecule has 0 heterocycles. The van der Waals surface area contributed by atoms with E-state index in [1.807, 2.05) is 13.0 Å². The summed E-state index contributed by atoms with van der Waals surface area (Å²) in [5.41, 5.74) is 4.34. The number of halogens is 2. The Balaban J connectivity index is 1.70. The van der Waals surface area contributed by atoms with Crippen LogP contribution in [0.1, 0.15) is 48.1 Å². The molecule has 0 aromatic heterocycles. The van der Waals surface area contributed by atoms with Crippen LogP contribution in [-0.4, -0.2) is 17.9 Å². The summed E-state index contributed by atoms with van der Waals surface area (Å²) in [6.07, 6.45) is 4.96. The van der Waals surface area contributed by atoms with Gasteiger partial charge in [-0.15, -0.1) is 0 Å². The van der Waals surface area contributed by atoms with Crippen molar-refractivity contribution in [1.82, 2.24) is 4.90 Å². The van der Waals surface area contributed by atoms with Gasteiger partial charge in [-0.3, -0.25) is 4.79 Å². The van der Waals surface area contributed by atoms with Gasteiger partial charge < -0.3 is 4.90 Å². The van der Waals surface area contributed by atoms with E-state index in [9.17, 15) is 13.6 Å². The second kappa shape index (κ2) is 7.34. The van der Waals surface area contributed by atoms with Crippen molar-refractivity contribution in [1.29, 1.82) is 0 Å². The predicted molar refractivity (Wildman–Crippen MR) is 94.3 cm³/mol. The monoisotopic (exact) mass is 343 g/mol. The quantitative estimate of drug-likeness (QED) is 0.794. The summed E-state index contributed by atoms with van der Waals surface area (Å²) in [6.45, 7) is 1.82. The van der Waals surface area contributed by atoms with Crippen LogP contribution in [0.5, 0.6) is 0 Å². The smallest absolute Gasteiger partial charge is 0.227 e. The fraction of sp³-hybridized carbons (Fsp3) is 0.381. The third kappa shape index (κ3) is 3.89. The van der Waals surface area contributed by atoms with E-state index in [2.05, 4.69) is 12.1 Å². The number of rotatable bonds is 4. The van der Waals surface area contributed by atoms with Crippen molar-refractivity contribution in [2.24, 2.45) is 0 Å². The molecule has 2 aromatic rings. The summed E-state index contributed by atoms with van der Waals surface area (Å²) in [6, 6.07) is 9.76. The van der Waals surface area contributed by atoms with E-state index in [1.54, 1.807) is 11.9 Å². The maximum atomic E-state index is 13.4. The van der Waals surface area contributed by atoms with E-state index < -0.39 is 11.6 Å².